The number of para-hydroxylation sites is 1. The average molecular weight is 265 g/mol. The van der Waals surface area contributed by atoms with Crippen molar-refractivity contribution in [3.63, 3.8) is 0 Å². The number of nitrogens with zero attached hydrogens (tertiary/aromatic N) is 2. The number of rotatable bonds is 3. The van der Waals surface area contributed by atoms with Gasteiger partial charge in [-0.3, -0.25) is 5.43 Å². The molecule has 0 atom stereocenters. The number of hydrogen-bond donors (Lipinski definition) is 1. The van der Waals surface area contributed by atoms with Gasteiger partial charge in [-0.1, -0.05) is 30.3 Å². The van der Waals surface area contributed by atoms with Crippen LogP contribution < -0.4 is 5.43 Å². The van der Waals surface area contributed by atoms with E-state index in [0.29, 0.717) is 5.69 Å². The summed E-state index contributed by atoms with van der Waals surface area (Å²) >= 11 is 0. The first-order valence-electron chi connectivity index (χ1n) is 6.22. The molecule has 2 aromatic carbocycles. The van der Waals surface area contributed by atoms with Gasteiger partial charge in [0.25, 0.3) is 0 Å². The summed E-state index contributed by atoms with van der Waals surface area (Å²) in [5.74, 6) is -0.297. The van der Waals surface area contributed by atoms with E-state index in [9.17, 15) is 4.39 Å². The van der Waals surface area contributed by atoms with Gasteiger partial charge in [0.05, 0.1) is 23.1 Å². The maximum Gasteiger partial charge on any atom is 0.125 e. The molecule has 4 heteroatoms. The Morgan fingerprint density at radius 1 is 1.00 bits per heavy atom. The topological polar surface area (TPSA) is 37.3 Å². The smallest absolute Gasteiger partial charge is 0.125 e. The van der Waals surface area contributed by atoms with Gasteiger partial charge in [-0.2, -0.15) is 5.10 Å². The summed E-state index contributed by atoms with van der Waals surface area (Å²) in [5, 5.41) is 5.14. The molecule has 0 saturated heterocycles. The normalized spacial score (nSPS) is 11.1. The van der Waals surface area contributed by atoms with Gasteiger partial charge in [0.2, 0.25) is 0 Å². The summed E-state index contributed by atoms with van der Waals surface area (Å²) in [7, 11) is 0. The largest absolute Gasteiger partial charge is 0.278 e. The fourth-order valence-corrected chi connectivity index (χ4v) is 1.88. The third-order valence-electron chi connectivity index (χ3n) is 2.84. The maximum absolute atomic E-state index is 13.0. The van der Waals surface area contributed by atoms with E-state index < -0.39 is 0 Å². The van der Waals surface area contributed by atoms with Gasteiger partial charge in [-0.05, 0) is 30.3 Å². The summed E-state index contributed by atoms with van der Waals surface area (Å²) in [5.41, 5.74) is 5.03. The summed E-state index contributed by atoms with van der Waals surface area (Å²) < 4.78 is 13.0. The molecule has 0 bridgehead atoms. The van der Waals surface area contributed by atoms with Crippen LogP contribution in [-0.2, 0) is 0 Å². The number of aromatic nitrogens is 1. The fraction of sp³-hybridized carbons (Fsp3) is 0. The molecular weight excluding hydrogens is 253 g/mol. The van der Waals surface area contributed by atoms with Crippen molar-refractivity contribution in [3.05, 3.63) is 72.2 Å². The van der Waals surface area contributed by atoms with E-state index in [1.807, 2.05) is 36.4 Å². The Hall–Kier alpha value is -2.75. The molecule has 3 rings (SSSR count). The molecule has 0 radical (unpaired) electrons. The van der Waals surface area contributed by atoms with Crippen molar-refractivity contribution in [2.24, 2.45) is 5.10 Å². The van der Waals surface area contributed by atoms with Gasteiger partial charge in [0.15, 0.2) is 0 Å². The van der Waals surface area contributed by atoms with E-state index in [4.69, 9.17) is 0 Å². The van der Waals surface area contributed by atoms with E-state index in [0.717, 1.165) is 16.6 Å². The van der Waals surface area contributed by atoms with Crippen LogP contribution in [0.15, 0.2) is 65.8 Å². The van der Waals surface area contributed by atoms with Crippen LogP contribution in [0.3, 0.4) is 0 Å². The van der Waals surface area contributed by atoms with Crippen LogP contribution in [0.4, 0.5) is 10.1 Å². The van der Waals surface area contributed by atoms with Crippen LogP contribution in [-0.4, -0.2) is 11.2 Å². The SMILES string of the molecule is Fc1cccc(N/N=C/c2ccc3ccccc3n2)c1. The molecule has 1 N–H and O–H groups in total. The van der Waals surface area contributed by atoms with Crippen molar-refractivity contribution in [2.75, 3.05) is 5.43 Å². The molecule has 0 saturated carbocycles. The number of fused-ring (bicyclic) bond motifs is 1. The van der Waals surface area contributed by atoms with Gasteiger partial charge < -0.3 is 0 Å². The van der Waals surface area contributed by atoms with Crippen molar-refractivity contribution in [1.82, 2.24) is 4.98 Å². The zero-order chi connectivity index (χ0) is 13.8. The second-order valence-corrected chi connectivity index (χ2v) is 4.31. The number of benzene rings is 2. The van der Waals surface area contributed by atoms with E-state index in [2.05, 4.69) is 15.5 Å². The minimum absolute atomic E-state index is 0.297. The summed E-state index contributed by atoms with van der Waals surface area (Å²) in [4.78, 5) is 4.46. The first-order valence-corrected chi connectivity index (χ1v) is 6.22. The number of nitrogens with one attached hydrogen (secondary N) is 1. The fourth-order valence-electron chi connectivity index (χ4n) is 1.88. The first kappa shape index (κ1) is 12.3. The number of hydrazone groups is 1. The number of hydrogen-bond acceptors (Lipinski definition) is 3. The van der Waals surface area contributed by atoms with Gasteiger partial charge >= 0.3 is 0 Å². The Kier molecular flexibility index (Phi) is 3.37. The first-order chi connectivity index (χ1) is 9.81. The lowest BCUT2D eigenvalue weighted by atomic mass is 10.2. The Morgan fingerprint density at radius 3 is 2.80 bits per heavy atom. The Balaban J connectivity index is 1.77. The second kappa shape index (κ2) is 5.48. The van der Waals surface area contributed by atoms with Crippen LogP contribution in [0.2, 0.25) is 0 Å². The van der Waals surface area contributed by atoms with Gasteiger partial charge in [-0.15, -0.1) is 0 Å². The molecule has 3 aromatic rings. The quantitative estimate of drug-likeness (QED) is 0.577. The maximum atomic E-state index is 13.0. The highest BCUT2D eigenvalue weighted by atomic mass is 19.1. The van der Waals surface area contributed by atoms with E-state index >= 15 is 0 Å². The van der Waals surface area contributed by atoms with Gasteiger partial charge in [-0.25, -0.2) is 9.37 Å². The van der Waals surface area contributed by atoms with Gasteiger partial charge in [0.1, 0.15) is 5.82 Å². The highest BCUT2D eigenvalue weighted by Gasteiger charge is 1.95. The van der Waals surface area contributed by atoms with Crippen molar-refractivity contribution < 1.29 is 4.39 Å². The lowest BCUT2D eigenvalue weighted by Gasteiger charge is -2.00. The average Bonchev–Trinajstić information content (AvgIpc) is 2.47. The summed E-state index contributed by atoms with van der Waals surface area (Å²) in [6.07, 6.45) is 1.61. The second-order valence-electron chi connectivity index (χ2n) is 4.31. The molecule has 0 amide bonds. The standard InChI is InChI=1S/C16H12FN3/c17-13-5-3-6-14(10-13)20-18-11-15-9-8-12-4-1-2-7-16(12)19-15/h1-11,20H/b18-11+. The lowest BCUT2D eigenvalue weighted by Crippen LogP contribution is -1.93. The molecule has 0 spiro atoms. The van der Waals surface area contributed by atoms with E-state index in [1.165, 1.54) is 12.1 Å². The predicted octanol–water partition coefficient (Wildman–Crippen LogP) is 3.82. The molecule has 0 aliphatic carbocycles. The molecule has 0 fully saturated rings. The van der Waals surface area contributed by atoms with Crippen LogP contribution >= 0.6 is 0 Å². The van der Waals surface area contributed by atoms with Crippen LogP contribution in [0.25, 0.3) is 10.9 Å². The zero-order valence-corrected chi connectivity index (χ0v) is 10.6. The molecule has 1 heterocycles. The molecule has 20 heavy (non-hydrogen) atoms. The van der Waals surface area contributed by atoms with E-state index in [-0.39, 0.29) is 5.82 Å². The zero-order valence-electron chi connectivity index (χ0n) is 10.6. The van der Waals surface area contributed by atoms with Crippen molar-refractivity contribution in [2.45, 2.75) is 0 Å². The van der Waals surface area contributed by atoms with Crippen molar-refractivity contribution in [1.29, 1.82) is 0 Å². The molecular formula is C16H12FN3. The van der Waals surface area contributed by atoms with Gasteiger partial charge in [0, 0.05) is 5.39 Å². The minimum atomic E-state index is -0.297. The van der Waals surface area contributed by atoms with Crippen molar-refractivity contribution in [3.8, 4) is 0 Å². The Labute approximate surface area is 115 Å². The molecule has 0 aliphatic heterocycles. The van der Waals surface area contributed by atoms with E-state index in [1.54, 1.807) is 18.3 Å². The molecule has 1 aromatic heterocycles. The molecule has 98 valence electrons. The Morgan fingerprint density at radius 2 is 1.90 bits per heavy atom. The van der Waals surface area contributed by atoms with Crippen LogP contribution in [0.1, 0.15) is 5.69 Å². The lowest BCUT2D eigenvalue weighted by molar-refractivity contribution is 0.628. The molecule has 0 unspecified atom stereocenters. The highest BCUT2D eigenvalue weighted by Crippen LogP contribution is 2.11. The highest BCUT2D eigenvalue weighted by molar-refractivity contribution is 5.85. The third kappa shape index (κ3) is 2.80. The van der Waals surface area contributed by atoms with Crippen molar-refractivity contribution >= 4 is 22.8 Å². The van der Waals surface area contributed by atoms with Crippen LogP contribution in [0, 0.1) is 5.82 Å². The number of anilines is 1. The minimum Gasteiger partial charge on any atom is -0.278 e. The Bertz CT molecular complexity index is 768. The molecule has 3 nitrogen and oxygen atoms in total. The predicted molar refractivity (Wildman–Crippen MR) is 79.4 cm³/mol. The number of pyridine rings is 1. The third-order valence-corrected chi connectivity index (χ3v) is 2.84. The monoisotopic (exact) mass is 265 g/mol. The summed E-state index contributed by atoms with van der Waals surface area (Å²) in [6, 6.07) is 17.9. The summed E-state index contributed by atoms with van der Waals surface area (Å²) in [6.45, 7) is 0. The van der Waals surface area contributed by atoms with Crippen LogP contribution in [0.5, 0.6) is 0 Å². The molecule has 0 aliphatic rings. The number of halogens is 1.